The van der Waals surface area contributed by atoms with Gasteiger partial charge in [-0.2, -0.15) is 5.10 Å². The highest BCUT2D eigenvalue weighted by atomic mass is 19.1. The van der Waals surface area contributed by atoms with Crippen molar-refractivity contribution in [2.45, 2.75) is 13.2 Å². The van der Waals surface area contributed by atoms with Crippen LogP contribution in [0.25, 0.3) is 11.3 Å². The number of nitrogens with one attached hydrogen (secondary N) is 1. The Bertz CT molecular complexity index is 940. The van der Waals surface area contributed by atoms with Crippen LogP contribution in [0, 0.1) is 5.82 Å². The fourth-order valence-corrected chi connectivity index (χ4v) is 2.77. The van der Waals surface area contributed by atoms with E-state index in [1.54, 1.807) is 6.07 Å². The predicted octanol–water partition coefficient (Wildman–Crippen LogP) is 3.44. The van der Waals surface area contributed by atoms with Crippen LogP contribution in [0.4, 0.5) is 4.39 Å². The molecule has 2 heterocycles. The molecule has 0 spiro atoms. The average molecular weight is 354 g/mol. The highest BCUT2D eigenvalue weighted by Gasteiger charge is 2.19. The van der Waals surface area contributed by atoms with Crippen LogP contribution in [0.15, 0.2) is 48.5 Å². The summed E-state index contributed by atoms with van der Waals surface area (Å²) in [4.78, 5) is 12.3. The first kappa shape index (κ1) is 16.3. The molecule has 0 aliphatic carbocycles. The largest absolute Gasteiger partial charge is 0.467 e. The number of aromatic amines is 1. The van der Waals surface area contributed by atoms with E-state index in [4.69, 9.17) is 14.2 Å². The maximum Gasteiger partial charge on any atom is 0.356 e. The quantitative estimate of drug-likeness (QED) is 0.727. The van der Waals surface area contributed by atoms with Crippen molar-refractivity contribution in [2.24, 2.45) is 0 Å². The van der Waals surface area contributed by atoms with Gasteiger partial charge in [-0.1, -0.05) is 30.3 Å². The number of ether oxygens (including phenoxy) is 3. The Morgan fingerprint density at radius 3 is 2.92 bits per heavy atom. The highest BCUT2D eigenvalue weighted by Crippen LogP contribution is 2.30. The lowest BCUT2D eigenvalue weighted by molar-refractivity contribution is -0.0183. The number of fused-ring (bicyclic) bond motifs is 1. The number of hydrogen-bond acceptors (Lipinski definition) is 5. The zero-order chi connectivity index (χ0) is 17.9. The Labute approximate surface area is 148 Å². The van der Waals surface area contributed by atoms with Gasteiger partial charge in [0, 0.05) is 16.7 Å². The number of carbonyl (C=O) groups is 1. The number of hydrogen-bond donors (Lipinski definition) is 1. The van der Waals surface area contributed by atoms with Gasteiger partial charge >= 0.3 is 5.97 Å². The first-order valence-electron chi connectivity index (χ1n) is 8.00. The van der Waals surface area contributed by atoms with Gasteiger partial charge in [0.15, 0.2) is 6.79 Å². The minimum atomic E-state index is -0.579. The summed E-state index contributed by atoms with van der Waals surface area (Å²) >= 11 is 0. The molecular formula is C19H15FN2O4. The molecule has 3 aromatic rings. The Hall–Kier alpha value is -3.19. The molecule has 1 N–H and O–H groups in total. The van der Waals surface area contributed by atoms with Crippen LogP contribution in [0.1, 0.15) is 21.6 Å². The normalized spacial score (nSPS) is 13.0. The maximum atomic E-state index is 13.7. The van der Waals surface area contributed by atoms with Gasteiger partial charge in [-0.3, -0.25) is 5.10 Å². The number of rotatable bonds is 4. The summed E-state index contributed by atoms with van der Waals surface area (Å²) in [6, 6.07) is 13.7. The van der Waals surface area contributed by atoms with Crippen molar-refractivity contribution in [3.05, 3.63) is 71.2 Å². The summed E-state index contributed by atoms with van der Waals surface area (Å²) < 4.78 is 29.6. The third kappa shape index (κ3) is 3.29. The molecule has 1 aromatic heterocycles. The molecule has 0 saturated heterocycles. The van der Waals surface area contributed by atoms with Crippen LogP contribution in [0.2, 0.25) is 0 Å². The number of benzene rings is 2. The minimum absolute atomic E-state index is 0.0839. The smallest absolute Gasteiger partial charge is 0.356 e. The number of nitrogens with zero attached hydrogens (tertiary/aromatic N) is 1. The molecular weight excluding hydrogens is 339 g/mol. The van der Waals surface area contributed by atoms with E-state index in [9.17, 15) is 9.18 Å². The van der Waals surface area contributed by atoms with Crippen molar-refractivity contribution in [3.8, 4) is 17.0 Å². The van der Waals surface area contributed by atoms with Gasteiger partial charge in [-0.15, -0.1) is 0 Å². The first-order chi connectivity index (χ1) is 12.7. The van der Waals surface area contributed by atoms with E-state index in [1.807, 2.05) is 30.3 Å². The zero-order valence-corrected chi connectivity index (χ0v) is 13.7. The van der Waals surface area contributed by atoms with Crippen molar-refractivity contribution in [3.63, 3.8) is 0 Å². The average Bonchev–Trinajstić information content (AvgIpc) is 3.17. The topological polar surface area (TPSA) is 73.4 Å². The third-order valence-corrected chi connectivity index (χ3v) is 3.98. The van der Waals surface area contributed by atoms with E-state index in [0.717, 1.165) is 5.56 Å². The van der Waals surface area contributed by atoms with Crippen LogP contribution in [0.5, 0.6) is 5.75 Å². The molecule has 0 amide bonds. The summed E-state index contributed by atoms with van der Waals surface area (Å²) in [6.45, 7) is 0.230. The van der Waals surface area contributed by atoms with Gasteiger partial charge in [0.1, 0.15) is 23.9 Å². The lowest BCUT2D eigenvalue weighted by Crippen LogP contribution is -2.15. The van der Waals surface area contributed by atoms with Gasteiger partial charge in [-0.05, 0) is 18.2 Å². The Morgan fingerprint density at radius 1 is 1.23 bits per heavy atom. The number of esters is 1. The van der Waals surface area contributed by atoms with Crippen molar-refractivity contribution in [1.29, 1.82) is 0 Å². The van der Waals surface area contributed by atoms with Crippen molar-refractivity contribution in [1.82, 2.24) is 10.2 Å². The maximum absolute atomic E-state index is 13.7. The summed E-state index contributed by atoms with van der Waals surface area (Å²) in [5.41, 5.74) is 2.80. The van der Waals surface area contributed by atoms with E-state index >= 15 is 0 Å². The molecule has 0 atom stereocenters. The second-order valence-electron chi connectivity index (χ2n) is 5.77. The van der Waals surface area contributed by atoms with E-state index in [1.165, 1.54) is 12.1 Å². The summed E-state index contributed by atoms with van der Waals surface area (Å²) in [5, 5.41) is 6.78. The van der Waals surface area contributed by atoms with Crippen molar-refractivity contribution < 1.29 is 23.4 Å². The summed E-state index contributed by atoms with van der Waals surface area (Å²) in [7, 11) is 0. The van der Waals surface area contributed by atoms with Crippen molar-refractivity contribution >= 4 is 5.97 Å². The minimum Gasteiger partial charge on any atom is -0.467 e. The summed E-state index contributed by atoms with van der Waals surface area (Å²) in [5.74, 6) is -0.512. The SMILES string of the molecule is O=C(OCc1cc(F)cc2c1OCOC2)c1cc(-c2ccccc2)n[nH]1. The van der Waals surface area contributed by atoms with Gasteiger partial charge in [0.25, 0.3) is 0 Å². The molecule has 6 nitrogen and oxygen atoms in total. The van der Waals surface area contributed by atoms with Crippen LogP contribution in [-0.4, -0.2) is 23.0 Å². The van der Waals surface area contributed by atoms with E-state index in [-0.39, 0.29) is 25.7 Å². The molecule has 0 saturated carbocycles. The Morgan fingerprint density at radius 2 is 2.08 bits per heavy atom. The lowest BCUT2D eigenvalue weighted by atomic mass is 10.1. The van der Waals surface area contributed by atoms with Gasteiger partial charge in [-0.25, -0.2) is 9.18 Å². The lowest BCUT2D eigenvalue weighted by Gasteiger charge is -2.20. The molecule has 0 bridgehead atoms. The molecule has 4 rings (SSSR count). The van der Waals surface area contributed by atoms with Gasteiger partial charge in [0.05, 0.1) is 12.3 Å². The fourth-order valence-electron chi connectivity index (χ4n) is 2.77. The Balaban J connectivity index is 1.48. The zero-order valence-electron chi connectivity index (χ0n) is 13.7. The monoisotopic (exact) mass is 354 g/mol. The molecule has 26 heavy (non-hydrogen) atoms. The van der Waals surface area contributed by atoms with Crippen LogP contribution < -0.4 is 4.74 Å². The highest BCUT2D eigenvalue weighted by molar-refractivity contribution is 5.88. The van der Waals surface area contributed by atoms with E-state index in [0.29, 0.717) is 22.6 Å². The molecule has 1 aliphatic rings. The van der Waals surface area contributed by atoms with Gasteiger partial charge in [0.2, 0.25) is 0 Å². The summed E-state index contributed by atoms with van der Waals surface area (Å²) in [6.07, 6.45) is 0. The van der Waals surface area contributed by atoms with E-state index < -0.39 is 11.8 Å². The van der Waals surface area contributed by atoms with Crippen LogP contribution in [0.3, 0.4) is 0 Å². The molecule has 0 fully saturated rings. The number of carbonyl (C=O) groups excluding carboxylic acids is 1. The van der Waals surface area contributed by atoms with Crippen molar-refractivity contribution in [2.75, 3.05) is 6.79 Å². The Kier molecular flexibility index (Phi) is 4.37. The van der Waals surface area contributed by atoms with E-state index in [2.05, 4.69) is 10.2 Å². The number of halogens is 1. The molecule has 1 aliphatic heterocycles. The fraction of sp³-hybridized carbons (Fsp3) is 0.158. The molecule has 7 heteroatoms. The molecule has 132 valence electrons. The first-order valence-corrected chi connectivity index (χ1v) is 8.00. The molecule has 2 aromatic carbocycles. The molecule has 0 unspecified atom stereocenters. The second kappa shape index (κ2) is 6.97. The van der Waals surface area contributed by atoms with Gasteiger partial charge < -0.3 is 14.2 Å². The van der Waals surface area contributed by atoms with Crippen LogP contribution in [-0.2, 0) is 22.7 Å². The third-order valence-electron chi connectivity index (χ3n) is 3.98. The number of H-pyrrole nitrogens is 1. The molecule has 0 radical (unpaired) electrons. The van der Waals surface area contributed by atoms with Crippen LogP contribution >= 0.6 is 0 Å². The second-order valence-corrected chi connectivity index (χ2v) is 5.77. The number of aromatic nitrogens is 2. The standard InChI is InChI=1S/C19H15FN2O4/c20-15-6-13-9-24-11-26-18(13)14(7-15)10-25-19(23)17-8-16(21-22-17)12-4-2-1-3-5-12/h1-8H,9-11H2,(H,21,22). The predicted molar refractivity (Wildman–Crippen MR) is 89.8 cm³/mol.